The molecule has 7 heteroatoms. The van der Waals surface area contributed by atoms with Crippen LogP contribution in [0.5, 0.6) is 0 Å². The molecule has 0 radical (unpaired) electrons. The van der Waals surface area contributed by atoms with Crippen molar-refractivity contribution >= 4 is 23.2 Å². The van der Waals surface area contributed by atoms with Crippen molar-refractivity contribution < 1.29 is 18.4 Å². The molecule has 0 saturated heterocycles. The number of nitrogens with one attached hydrogen (secondary N) is 2. The van der Waals surface area contributed by atoms with Crippen LogP contribution in [-0.4, -0.2) is 16.8 Å². The van der Waals surface area contributed by atoms with E-state index in [-0.39, 0.29) is 22.6 Å². The number of para-hydroxylation sites is 1. The molecular formula is C19H13F2N3O2. The topological polar surface area (TPSA) is 71.1 Å². The van der Waals surface area contributed by atoms with Crippen LogP contribution in [0.2, 0.25) is 0 Å². The van der Waals surface area contributed by atoms with E-state index in [1.807, 2.05) is 0 Å². The van der Waals surface area contributed by atoms with Crippen LogP contribution in [0.4, 0.5) is 20.2 Å². The first-order valence-electron chi connectivity index (χ1n) is 7.62. The molecule has 1 heterocycles. The van der Waals surface area contributed by atoms with Gasteiger partial charge in [0.1, 0.15) is 17.3 Å². The van der Waals surface area contributed by atoms with Crippen molar-refractivity contribution in [1.29, 1.82) is 0 Å². The maximum atomic E-state index is 13.6. The summed E-state index contributed by atoms with van der Waals surface area (Å²) in [4.78, 5) is 28.4. The lowest BCUT2D eigenvalue weighted by molar-refractivity contribution is 0.102. The quantitative estimate of drug-likeness (QED) is 0.748. The molecule has 0 atom stereocenters. The number of hydrogen-bond donors (Lipinski definition) is 2. The number of rotatable bonds is 4. The van der Waals surface area contributed by atoms with E-state index in [1.54, 1.807) is 6.07 Å². The Hall–Kier alpha value is -3.61. The van der Waals surface area contributed by atoms with Gasteiger partial charge < -0.3 is 10.6 Å². The van der Waals surface area contributed by atoms with Gasteiger partial charge in [-0.2, -0.15) is 0 Å². The summed E-state index contributed by atoms with van der Waals surface area (Å²) >= 11 is 0. The first-order chi connectivity index (χ1) is 12.5. The van der Waals surface area contributed by atoms with Gasteiger partial charge in [-0.15, -0.1) is 0 Å². The van der Waals surface area contributed by atoms with E-state index >= 15 is 0 Å². The summed E-state index contributed by atoms with van der Waals surface area (Å²) in [6.45, 7) is 0. The molecule has 0 fully saturated rings. The molecule has 0 aliphatic carbocycles. The number of benzene rings is 2. The van der Waals surface area contributed by atoms with Gasteiger partial charge >= 0.3 is 0 Å². The molecule has 26 heavy (non-hydrogen) atoms. The molecule has 0 aliphatic rings. The molecule has 0 saturated carbocycles. The minimum atomic E-state index is -0.601. The molecule has 2 aromatic carbocycles. The third kappa shape index (κ3) is 4.07. The fraction of sp³-hybridized carbons (Fsp3) is 0. The number of aromatic nitrogens is 1. The lowest BCUT2D eigenvalue weighted by atomic mass is 10.2. The number of carbonyl (C=O) groups excluding carboxylic acids is 2. The molecule has 5 nitrogen and oxygen atoms in total. The Balaban J connectivity index is 1.76. The zero-order valence-corrected chi connectivity index (χ0v) is 13.4. The number of hydrogen-bond acceptors (Lipinski definition) is 3. The molecule has 0 spiro atoms. The van der Waals surface area contributed by atoms with Gasteiger partial charge in [0.2, 0.25) is 0 Å². The van der Waals surface area contributed by atoms with E-state index in [4.69, 9.17) is 0 Å². The second-order valence-electron chi connectivity index (χ2n) is 5.33. The molecule has 1 aromatic heterocycles. The number of pyridine rings is 1. The van der Waals surface area contributed by atoms with Crippen LogP contribution >= 0.6 is 0 Å². The summed E-state index contributed by atoms with van der Waals surface area (Å²) in [6.07, 6.45) is 1.29. The average molecular weight is 353 g/mol. The van der Waals surface area contributed by atoms with Gasteiger partial charge in [0.15, 0.2) is 0 Å². The second-order valence-corrected chi connectivity index (χ2v) is 5.33. The van der Waals surface area contributed by atoms with Crippen molar-refractivity contribution in [3.63, 3.8) is 0 Å². The molecule has 0 bridgehead atoms. The first-order valence-corrected chi connectivity index (χ1v) is 7.62. The van der Waals surface area contributed by atoms with Gasteiger partial charge in [-0.05, 0) is 42.5 Å². The van der Waals surface area contributed by atoms with Gasteiger partial charge in [0.25, 0.3) is 11.8 Å². The van der Waals surface area contributed by atoms with Crippen LogP contribution in [0.25, 0.3) is 0 Å². The lowest BCUT2D eigenvalue weighted by Crippen LogP contribution is -2.17. The third-order valence-corrected chi connectivity index (χ3v) is 3.46. The van der Waals surface area contributed by atoms with Crippen LogP contribution in [0.3, 0.4) is 0 Å². The standard InChI is InChI=1S/C19H13F2N3O2/c20-13-4-3-5-14(11-13)23-19(26)17-10-12(8-9-22-17)18(25)24-16-7-2-1-6-15(16)21/h1-11H,(H,23,26)(H,24,25). The van der Waals surface area contributed by atoms with Gasteiger partial charge in [-0.25, -0.2) is 8.78 Å². The Bertz CT molecular complexity index is 976. The molecule has 0 unspecified atom stereocenters. The molecule has 2 N–H and O–H groups in total. The molecule has 0 aliphatic heterocycles. The van der Waals surface area contributed by atoms with Crippen LogP contribution < -0.4 is 10.6 Å². The average Bonchev–Trinajstić information content (AvgIpc) is 2.63. The van der Waals surface area contributed by atoms with Crippen LogP contribution in [-0.2, 0) is 0 Å². The van der Waals surface area contributed by atoms with E-state index in [0.29, 0.717) is 0 Å². The van der Waals surface area contributed by atoms with Crippen molar-refractivity contribution in [1.82, 2.24) is 4.98 Å². The Morgan fingerprint density at radius 1 is 0.846 bits per heavy atom. The van der Waals surface area contributed by atoms with Crippen molar-refractivity contribution in [2.75, 3.05) is 10.6 Å². The van der Waals surface area contributed by atoms with Crippen molar-refractivity contribution in [3.05, 3.63) is 89.8 Å². The summed E-state index contributed by atoms with van der Waals surface area (Å²) < 4.78 is 26.8. The van der Waals surface area contributed by atoms with Gasteiger partial charge in [-0.1, -0.05) is 18.2 Å². The molecule has 2 amide bonds. The minimum Gasteiger partial charge on any atom is -0.321 e. The minimum absolute atomic E-state index is 0.0278. The van der Waals surface area contributed by atoms with Gasteiger partial charge in [0, 0.05) is 17.4 Å². The Labute approximate surface area is 147 Å². The summed E-state index contributed by atoms with van der Waals surface area (Å²) in [5, 5.41) is 4.92. The van der Waals surface area contributed by atoms with Crippen molar-refractivity contribution in [2.45, 2.75) is 0 Å². The van der Waals surface area contributed by atoms with Gasteiger partial charge in [0.05, 0.1) is 5.69 Å². The highest BCUT2D eigenvalue weighted by Crippen LogP contribution is 2.15. The monoisotopic (exact) mass is 353 g/mol. The van der Waals surface area contributed by atoms with E-state index in [2.05, 4.69) is 15.6 Å². The van der Waals surface area contributed by atoms with Crippen molar-refractivity contribution in [2.24, 2.45) is 0 Å². The number of amides is 2. The summed E-state index contributed by atoms with van der Waals surface area (Å²) in [6, 6.07) is 13.8. The van der Waals surface area contributed by atoms with E-state index < -0.39 is 23.4 Å². The van der Waals surface area contributed by atoms with Crippen LogP contribution in [0.1, 0.15) is 20.8 Å². The smallest absolute Gasteiger partial charge is 0.274 e. The Morgan fingerprint density at radius 3 is 2.42 bits per heavy atom. The maximum absolute atomic E-state index is 13.6. The Morgan fingerprint density at radius 2 is 1.65 bits per heavy atom. The number of anilines is 2. The number of nitrogens with zero attached hydrogens (tertiary/aromatic N) is 1. The van der Waals surface area contributed by atoms with E-state index in [9.17, 15) is 18.4 Å². The highest BCUT2D eigenvalue weighted by molar-refractivity contribution is 6.07. The number of carbonyl (C=O) groups is 2. The molecule has 130 valence electrons. The van der Waals surface area contributed by atoms with Crippen LogP contribution in [0.15, 0.2) is 66.9 Å². The second kappa shape index (κ2) is 7.52. The molecule has 3 aromatic rings. The summed E-state index contributed by atoms with van der Waals surface area (Å²) in [5.41, 5.74) is 0.390. The fourth-order valence-electron chi connectivity index (χ4n) is 2.21. The summed E-state index contributed by atoms with van der Waals surface area (Å²) in [7, 11) is 0. The van der Waals surface area contributed by atoms with Crippen molar-refractivity contribution in [3.8, 4) is 0 Å². The molecular weight excluding hydrogens is 340 g/mol. The predicted octanol–water partition coefficient (Wildman–Crippen LogP) is 3.86. The zero-order valence-electron chi connectivity index (χ0n) is 13.4. The maximum Gasteiger partial charge on any atom is 0.274 e. The normalized spacial score (nSPS) is 10.2. The highest BCUT2D eigenvalue weighted by atomic mass is 19.1. The SMILES string of the molecule is O=C(Nc1ccccc1F)c1ccnc(C(=O)Nc2cccc(F)c2)c1. The zero-order chi connectivity index (χ0) is 18.5. The van der Waals surface area contributed by atoms with Crippen LogP contribution in [0, 0.1) is 11.6 Å². The summed E-state index contributed by atoms with van der Waals surface area (Å²) in [5.74, 6) is -2.25. The van der Waals surface area contributed by atoms with E-state index in [1.165, 1.54) is 54.7 Å². The lowest BCUT2D eigenvalue weighted by Gasteiger charge is -2.08. The largest absolute Gasteiger partial charge is 0.321 e. The van der Waals surface area contributed by atoms with E-state index in [0.717, 1.165) is 6.07 Å². The highest BCUT2D eigenvalue weighted by Gasteiger charge is 2.13. The predicted molar refractivity (Wildman–Crippen MR) is 92.9 cm³/mol. The number of halogens is 2. The molecule has 3 rings (SSSR count). The Kier molecular flexibility index (Phi) is 4.98. The fourth-order valence-corrected chi connectivity index (χ4v) is 2.21. The van der Waals surface area contributed by atoms with Gasteiger partial charge in [-0.3, -0.25) is 14.6 Å². The third-order valence-electron chi connectivity index (χ3n) is 3.46. The first kappa shape index (κ1) is 17.2.